The van der Waals surface area contributed by atoms with Crippen LogP contribution < -0.4 is 0 Å². The van der Waals surface area contributed by atoms with E-state index in [1.54, 1.807) is 26.8 Å². The van der Waals surface area contributed by atoms with Gasteiger partial charge in [-0.15, -0.1) is 0 Å². The zero-order valence-electron chi connectivity index (χ0n) is 61.7. The molecule has 5 saturated carbocycles. The number of carbonyl (C=O) groups is 5. The number of allylic oxidation sites excluding steroid dienone is 2. The summed E-state index contributed by atoms with van der Waals surface area (Å²) in [6.45, 7) is 19.1. The molecule has 0 amide bonds. The second-order valence-corrected chi connectivity index (χ2v) is 33.5. The van der Waals surface area contributed by atoms with Crippen LogP contribution in [0.2, 0.25) is 0 Å². The van der Waals surface area contributed by atoms with Crippen molar-refractivity contribution in [3.05, 3.63) is 53.6 Å². The monoisotopic (exact) mass is 1490 g/mol. The quantitative estimate of drug-likeness (QED) is 0.0169. The number of aliphatic hydroxyl groups excluding tert-OH is 12. The Morgan fingerprint density at radius 3 is 2.02 bits per heavy atom. The fourth-order valence-electron chi connectivity index (χ4n) is 20.0. The molecule has 9 fully saturated rings. The molecule has 0 spiro atoms. The van der Waals surface area contributed by atoms with Crippen LogP contribution in [0.4, 0.5) is 0 Å². The van der Waals surface area contributed by atoms with Crippen LogP contribution in [-0.4, -0.2) is 259 Å². The number of aliphatic hydroxyl groups is 12. The second kappa shape index (κ2) is 31.7. The van der Waals surface area contributed by atoms with Gasteiger partial charge in [-0.05, 0) is 141 Å². The van der Waals surface area contributed by atoms with Gasteiger partial charge in [-0.2, -0.15) is 0 Å². The van der Waals surface area contributed by atoms with Crippen molar-refractivity contribution in [3.8, 4) is 0 Å². The lowest BCUT2D eigenvalue weighted by Gasteiger charge is -2.72. The maximum Gasteiger partial charge on any atom is 0.338 e. The standard InChI is InChI=1S/C76H112O29/c1-12-13-28-94-65(92)60-57(90)59(101-67-56(89)52(85)43(80)33-95-67)62(103-66-40(32-77)51(84)55(88)64(91)104-66)69(102-60)99-48-23-24-72(8)45(73(48,9)34-78)22-25-74(10)46(72)20-19-41-42-30-71(6,7)26-27-76(42,47(81)31-75(41,74)11)70(93)105-68-63(98-44-29-36(3)50(83)54(87)53(44)86)61(97-38(5)79)58(37(4)96-68)100-49(82)21-18-39-16-14-35(2)15-17-39/h14-21,34,36-37,40-48,50-64,66-69,77,80-81,83-91H,12-13,22-33H2,1-11H3/b21-18+/t36-,37+,40+,41?,42+,43-,44?,45-,46-,47-,48+,50+,51-,52+,53+,54-,55-,56-,57-,58-,59+,60-,61-,62-,63+,64-,66+,67+,68-,69-,72+,73+,74-,75-,76-/m1/s1. The molecule has 11 rings (SSSR count). The van der Waals surface area contributed by atoms with Crippen LogP contribution in [0.5, 0.6) is 0 Å². The summed E-state index contributed by atoms with van der Waals surface area (Å²) in [6.07, 6.45) is -28.8. The molecule has 4 aliphatic heterocycles. The number of esters is 4. The first kappa shape index (κ1) is 81.4. The third kappa shape index (κ3) is 15.1. The lowest BCUT2D eigenvalue weighted by molar-refractivity contribution is -0.399. The number of carbonyl (C=O) groups excluding carboxylic acids is 5. The highest BCUT2D eigenvalue weighted by Crippen LogP contribution is 2.76. The first-order chi connectivity index (χ1) is 49.4. The molecule has 6 aliphatic carbocycles. The number of rotatable bonds is 20. The van der Waals surface area contributed by atoms with E-state index in [0.717, 1.165) is 18.8 Å². The molecule has 0 bridgehead atoms. The number of ether oxygens (including phenoxy) is 12. The molecule has 12 N–H and O–H groups in total. The zero-order valence-corrected chi connectivity index (χ0v) is 61.7. The van der Waals surface area contributed by atoms with Gasteiger partial charge in [-0.25, -0.2) is 9.59 Å². The molecule has 29 nitrogen and oxygen atoms in total. The van der Waals surface area contributed by atoms with E-state index in [1.807, 2.05) is 38.1 Å². The van der Waals surface area contributed by atoms with E-state index in [9.17, 15) is 80.5 Å². The molecule has 1 aromatic rings. The summed E-state index contributed by atoms with van der Waals surface area (Å²) in [6, 6.07) is 7.37. The van der Waals surface area contributed by atoms with Crippen molar-refractivity contribution in [1.29, 1.82) is 0 Å². The summed E-state index contributed by atoms with van der Waals surface area (Å²) in [5.41, 5.74) is -3.80. The van der Waals surface area contributed by atoms with Crippen molar-refractivity contribution in [2.45, 2.75) is 294 Å². The lowest BCUT2D eigenvalue weighted by Crippen LogP contribution is -2.70. The maximum atomic E-state index is 16.1. The molecule has 4 heterocycles. The topological polar surface area (TPSA) is 439 Å². The predicted octanol–water partition coefficient (Wildman–Crippen LogP) is 1.85. The molecule has 4 saturated heterocycles. The fraction of sp³-hybridized carbons (Fsp3) is 0.803. The Kier molecular flexibility index (Phi) is 24.6. The minimum absolute atomic E-state index is 0.0215. The summed E-state index contributed by atoms with van der Waals surface area (Å²) >= 11 is 0. The van der Waals surface area contributed by atoms with E-state index in [4.69, 9.17) is 56.8 Å². The Morgan fingerprint density at radius 2 is 1.34 bits per heavy atom. The van der Waals surface area contributed by atoms with Crippen molar-refractivity contribution in [3.63, 3.8) is 0 Å². The van der Waals surface area contributed by atoms with Gasteiger partial charge < -0.3 is 123 Å². The van der Waals surface area contributed by atoms with Crippen LogP contribution >= 0.6 is 0 Å². The highest BCUT2D eigenvalue weighted by molar-refractivity contribution is 5.87. The predicted molar refractivity (Wildman–Crippen MR) is 364 cm³/mol. The number of unbranched alkanes of at least 4 members (excludes halogenated alkanes) is 1. The first-order valence-electron chi connectivity index (χ1n) is 37.4. The summed E-state index contributed by atoms with van der Waals surface area (Å²) in [7, 11) is 0. The summed E-state index contributed by atoms with van der Waals surface area (Å²) < 4.78 is 74.7. The average Bonchev–Trinajstić information content (AvgIpc) is 0.670. The van der Waals surface area contributed by atoms with E-state index in [1.165, 1.54) is 6.08 Å². The Morgan fingerprint density at radius 1 is 0.648 bits per heavy atom. The number of fused-ring (bicyclic) bond motifs is 7. The summed E-state index contributed by atoms with van der Waals surface area (Å²) in [4.78, 5) is 71.6. The van der Waals surface area contributed by atoms with Crippen molar-refractivity contribution in [2.24, 2.45) is 68.0 Å². The lowest BCUT2D eigenvalue weighted by atomic mass is 9.32. The molecule has 35 atom stereocenters. The van der Waals surface area contributed by atoms with Gasteiger partial charge in [0.15, 0.2) is 49.6 Å². The minimum Gasteiger partial charge on any atom is -0.464 e. The Hall–Kier alpha value is -4.55. The summed E-state index contributed by atoms with van der Waals surface area (Å²) in [5.74, 6) is -7.40. The van der Waals surface area contributed by atoms with Gasteiger partial charge in [-0.3, -0.25) is 9.59 Å². The van der Waals surface area contributed by atoms with Crippen LogP contribution in [0.25, 0.3) is 6.08 Å². The van der Waals surface area contributed by atoms with Crippen LogP contribution in [0.15, 0.2) is 42.5 Å². The van der Waals surface area contributed by atoms with Gasteiger partial charge in [0, 0.05) is 13.0 Å². The molecule has 29 heteroatoms. The van der Waals surface area contributed by atoms with Crippen molar-refractivity contribution >= 4 is 36.2 Å². The smallest absolute Gasteiger partial charge is 0.338 e. The van der Waals surface area contributed by atoms with Crippen molar-refractivity contribution in [2.75, 3.05) is 19.8 Å². The largest absolute Gasteiger partial charge is 0.464 e. The number of hydrogen-bond acceptors (Lipinski definition) is 29. The van der Waals surface area contributed by atoms with Crippen LogP contribution in [0.1, 0.15) is 151 Å². The van der Waals surface area contributed by atoms with Gasteiger partial charge in [0.25, 0.3) is 0 Å². The number of benzene rings is 1. The van der Waals surface area contributed by atoms with Gasteiger partial charge in [0.1, 0.15) is 61.2 Å². The van der Waals surface area contributed by atoms with E-state index in [0.29, 0.717) is 50.5 Å². The second-order valence-electron chi connectivity index (χ2n) is 33.5. The van der Waals surface area contributed by atoms with Crippen LogP contribution in [-0.2, 0) is 80.8 Å². The molecule has 1 aromatic carbocycles. The third-order valence-corrected chi connectivity index (χ3v) is 26.4. The highest BCUT2D eigenvalue weighted by Gasteiger charge is 2.74. The van der Waals surface area contributed by atoms with Gasteiger partial charge in [-0.1, -0.05) is 104 Å². The summed E-state index contributed by atoms with van der Waals surface area (Å²) in [5, 5.41) is 135. The van der Waals surface area contributed by atoms with Gasteiger partial charge >= 0.3 is 23.9 Å². The van der Waals surface area contributed by atoms with Crippen molar-refractivity contribution < 1.29 is 142 Å². The Bertz CT molecular complexity index is 3280. The normalized spacial score (nSPS) is 48.1. The van der Waals surface area contributed by atoms with Crippen LogP contribution in [0.3, 0.4) is 0 Å². The number of aryl methyl sites for hydroxylation is 1. The molecule has 590 valence electrons. The van der Waals surface area contributed by atoms with E-state index >= 15 is 4.79 Å². The SMILES string of the molecule is CCCCOC(=O)[C@@H]1O[C@@H](O[C@H]2CC[C@]3(C)[C@H]4C=CC5[C@@H]6CC(C)(C)CC[C@]6(C(=O)O[C@H]6O[C@@H](C)[C@@H](OC(=O)/C=C/c7ccc(C)cc7)[C@@H](OC(C)=O)[C@@H]6OC6C[C@@H](C)[C@H](O)[C@@H](O)[C@H]6O)[C@H](O)C[C@@]5(C)[C@]4(C)CC[C@H]3[C@]2(C)C=O)[C@H](O[C@H]2O[C@@H](O)[C@H](O)[C@H](O)[C@@H]2CO)[C@@H](O[C@@H]2OC[C@@H](O)[C@H](O)[C@H]2O)[C@H]1O. The molecule has 0 aromatic heterocycles. The Balaban J connectivity index is 0.902. The van der Waals surface area contributed by atoms with E-state index < -0.39 is 235 Å². The highest BCUT2D eigenvalue weighted by atomic mass is 16.8. The molecule has 105 heavy (non-hydrogen) atoms. The average molecular weight is 1490 g/mol. The third-order valence-electron chi connectivity index (χ3n) is 26.4. The molecule has 10 aliphatic rings. The molecular formula is C76H112O29. The van der Waals surface area contributed by atoms with Gasteiger partial charge in [0.05, 0.1) is 73.2 Å². The molecule has 2 unspecified atom stereocenters. The maximum absolute atomic E-state index is 16.1. The van der Waals surface area contributed by atoms with E-state index in [2.05, 4.69) is 46.8 Å². The van der Waals surface area contributed by atoms with Crippen LogP contribution in [0, 0.1) is 74.9 Å². The Labute approximate surface area is 611 Å². The number of hydrogen-bond donors (Lipinski definition) is 12. The minimum atomic E-state index is -2.09. The van der Waals surface area contributed by atoms with Gasteiger partial charge in [0.2, 0.25) is 6.29 Å². The van der Waals surface area contributed by atoms with E-state index in [-0.39, 0.29) is 49.5 Å². The molecule has 0 radical (unpaired) electrons. The van der Waals surface area contributed by atoms with Crippen molar-refractivity contribution in [1.82, 2.24) is 0 Å². The molecular weight excluding hydrogens is 1380 g/mol. The first-order valence-corrected chi connectivity index (χ1v) is 37.4. The zero-order chi connectivity index (χ0) is 76.5. The number of aldehydes is 1. The fourth-order valence-corrected chi connectivity index (χ4v) is 20.0.